The van der Waals surface area contributed by atoms with Crippen LogP contribution in [0.5, 0.6) is 0 Å². The molecule has 0 unspecified atom stereocenters. The monoisotopic (exact) mass is 604 g/mol. The first-order valence-corrected chi connectivity index (χ1v) is 14.5. The van der Waals surface area contributed by atoms with Crippen molar-refractivity contribution in [3.63, 3.8) is 0 Å². The Hall–Kier alpha value is -4.16. The van der Waals surface area contributed by atoms with Crippen LogP contribution < -0.4 is 16.0 Å². The second kappa shape index (κ2) is 17.1. The van der Waals surface area contributed by atoms with Crippen molar-refractivity contribution in [3.8, 4) is 0 Å². The summed E-state index contributed by atoms with van der Waals surface area (Å²) in [6, 6.07) is 4.81. The second-order valence-corrected chi connectivity index (χ2v) is 11.3. The van der Waals surface area contributed by atoms with Crippen LogP contribution in [0.1, 0.15) is 65.4 Å². The zero-order valence-corrected chi connectivity index (χ0v) is 25.5. The molecule has 0 radical (unpaired) electrons. The molecule has 1 heterocycles. The Morgan fingerprint density at radius 2 is 1.65 bits per heavy atom. The highest BCUT2D eigenvalue weighted by Gasteiger charge is 2.40. The van der Waals surface area contributed by atoms with E-state index in [-0.39, 0.29) is 25.5 Å². The molecule has 0 aliphatic carbocycles. The van der Waals surface area contributed by atoms with E-state index in [1.807, 2.05) is 19.9 Å². The Kier molecular flexibility index (Phi) is 13.9. The maximum Gasteiger partial charge on any atom is 0.408 e. The lowest BCUT2D eigenvalue weighted by atomic mass is 10.0. The van der Waals surface area contributed by atoms with Crippen molar-refractivity contribution in [2.45, 2.75) is 90.6 Å². The van der Waals surface area contributed by atoms with Crippen molar-refractivity contribution < 1.29 is 43.3 Å². The van der Waals surface area contributed by atoms with E-state index in [4.69, 9.17) is 9.47 Å². The molecule has 43 heavy (non-hydrogen) atoms. The van der Waals surface area contributed by atoms with Crippen molar-refractivity contribution in [2.75, 3.05) is 13.7 Å². The lowest BCUT2D eigenvalue weighted by Gasteiger charge is -2.32. The minimum Gasteiger partial charge on any atom is -0.481 e. The fourth-order valence-electron chi connectivity index (χ4n) is 4.79. The van der Waals surface area contributed by atoms with E-state index in [0.717, 1.165) is 5.56 Å². The van der Waals surface area contributed by atoms with Gasteiger partial charge >= 0.3 is 18.0 Å². The molecule has 1 aliphatic heterocycles. The summed E-state index contributed by atoms with van der Waals surface area (Å²) in [7, 11) is 1.24. The number of carboxylic acid groups (broad SMARTS) is 1. The van der Waals surface area contributed by atoms with Gasteiger partial charge in [0.15, 0.2) is 0 Å². The number of methoxy groups -OCH3 is 1. The van der Waals surface area contributed by atoms with E-state index in [1.54, 1.807) is 38.1 Å². The molecule has 1 aliphatic rings. The number of ether oxygens (including phenoxy) is 2. The predicted octanol–water partition coefficient (Wildman–Crippen LogP) is 1.98. The zero-order valence-electron chi connectivity index (χ0n) is 25.5. The minimum absolute atomic E-state index is 0.0561. The fraction of sp³-hybridized carbons (Fsp3) is 0.600. The number of likely N-dealkylation sites (tertiary alicyclic amines) is 1. The number of carboxylic acids is 1. The van der Waals surface area contributed by atoms with Crippen LogP contribution in [-0.4, -0.2) is 83.6 Å². The summed E-state index contributed by atoms with van der Waals surface area (Å²) < 4.78 is 10.0. The van der Waals surface area contributed by atoms with Gasteiger partial charge in [0.05, 0.1) is 7.11 Å². The van der Waals surface area contributed by atoms with Gasteiger partial charge in [-0.15, -0.1) is 0 Å². The zero-order chi connectivity index (χ0) is 32.1. The Balaban J connectivity index is 2.13. The van der Waals surface area contributed by atoms with Crippen LogP contribution in [0.4, 0.5) is 4.79 Å². The molecule has 1 fully saturated rings. The first-order valence-electron chi connectivity index (χ1n) is 14.5. The maximum atomic E-state index is 13.7. The molecule has 4 N–H and O–H groups in total. The number of alkyl carbamates (subject to hydrolysis) is 1. The van der Waals surface area contributed by atoms with Gasteiger partial charge in [-0.2, -0.15) is 0 Å². The Morgan fingerprint density at radius 1 is 0.977 bits per heavy atom. The van der Waals surface area contributed by atoms with Crippen LogP contribution in [0.15, 0.2) is 30.3 Å². The lowest BCUT2D eigenvalue weighted by Crippen LogP contribution is -2.59. The minimum atomic E-state index is -1.29. The standard InChI is InChI=1S/C30H44N4O9/c1-18(2)16-22(29(40)42-5)31-27(38)23-12-9-15-34(23)28(39)25(19(3)4)33-26(37)21(13-14-24(35)36)32-30(41)43-17-20-10-7-6-8-11-20/h6-8,10-11,18-19,21-23,25H,9,12-17H2,1-5H3,(H,31,38)(H,32,41)(H,33,37)(H,35,36)/t21-,22-,23-,25-/m0/s1. The number of nitrogens with one attached hydrogen (secondary N) is 3. The summed E-state index contributed by atoms with van der Waals surface area (Å²) >= 11 is 0. The largest absolute Gasteiger partial charge is 0.481 e. The summed E-state index contributed by atoms with van der Waals surface area (Å²) in [5.74, 6) is -3.79. The van der Waals surface area contributed by atoms with Crippen LogP contribution >= 0.6 is 0 Å². The number of benzene rings is 1. The molecule has 13 nitrogen and oxygen atoms in total. The molecule has 238 valence electrons. The number of amides is 4. The van der Waals surface area contributed by atoms with Crippen LogP contribution in [0.2, 0.25) is 0 Å². The molecule has 0 aromatic heterocycles. The van der Waals surface area contributed by atoms with E-state index in [1.165, 1.54) is 12.0 Å². The van der Waals surface area contributed by atoms with Crippen LogP contribution in [0, 0.1) is 11.8 Å². The first-order chi connectivity index (χ1) is 20.3. The molecule has 2 rings (SSSR count). The molecular formula is C30H44N4O9. The molecule has 4 amide bonds. The Bertz CT molecular complexity index is 1130. The molecule has 13 heteroatoms. The van der Waals surface area contributed by atoms with Crippen molar-refractivity contribution in [1.82, 2.24) is 20.9 Å². The van der Waals surface area contributed by atoms with Gasteiger partial charge in [-0.1, -0.05) is 58.0 Å². The average Bonchev–Trinajstić information content (AvgIpc) is 3.46. The van der Waals surface area contributed by atoms with E-state index in [0.29, 0.717) is 19.3 Å². The highest BCUT2D eigenvalue weighted by Crippen LogP contribution is 2.21. The van der Waals surface area contributed by atoms with Crippen LogP contribution in [0.3, 0.4) is 0 Å². The topological polar surface area (TPSA) is 180 Å². The fourth-order valence-corrected chi connectivity index (χ4v) is 4.79. The van der Waals surface area contributed by atoms with Gasteiger partial charge in [0.1, 0.15) is 30.8 Å². The number of aliphatic carboxylic acids is 1. The third-order valence-electron chi connectivity index (χ3n) is 7.05. The molecule has 0 saturated carbocycles. The smallest absolute Gasteiger partial charge is 0.408 e. The van der Waals surface area contributed by atoms with E-state index in [9.17, 15) is 33.9 Å². The molecule has 1 saturated heterocycles. The third kappa shape index (κ3) is 11.2. The number of carbonyl (C=O) groups is 6. The van der Waals surface area contributed by atoms with Gasteiger partial charge in [-0.25, -0.2) is 9.59 Å². The SMILES string of the molecule is COC(=O)[C@H](CC(C)C)NC(=O)[C@@H]1CCCN1C(=O)[C@@H](NC(=O)[C@H](CCC(=O)O)NC(=O)OCc1ccccc1)C(C)C. The van der Waals surface area contributed by atoms with E-state index < -0.39 is 72.3 Å². The van der Waals surface area contributed by atoms with Gasteiger partial charge in [-0.3, -0.25) is 19.2 Å². The van der Waals surface area contributed by atoms with Gasteiger partial charge in [0, 0.05) is 13.0 Å². The predicted molar refractivity (Wildman–Crippen MR) is 155 cm³/mol. The molecule has 0 bridgehead atoms. The van der Waals surface area contributed by atoms with Crippen LogP contribution in [-0.2, 0) is 40.1 Å². The molecule has 1 aromatic rings. The number of rotatable bonds is 15. The van der Waals surface area contributed by atoms with Gasteiger partial charge in [0.25, 0.3) is 0 Å². The molecule has 0 spiro atoms. The molecule has 4 atom stereocenters. The number of hydrogen-bond donors (Lipinski definition) is 4. The second-order valence-electron chi connectivity index (χ2n) is 11.3. The summed E-state index contributed by atoms with van der Waals surface area (Å²) in [5.41, 5.74) is 0.723. The van der Waals surface area contributed by atoms with Crippen LogP contribution in [0.25, 0.3) is 0 Å². The quantitative estimate of drug-likeness (QED) is 0.218. The van der Waals surface area contributed by atoms with E-state index >= 15 is 0 Å². The number of carbonyl (C=O) groups excluding carboxylic acids is 5. The maximum absolute atomic E-state index is 13.7. The number of hydrogen-bond acceptors (Lipinski definition) is 8. The van der Waals surface area contributed by atoms with Crippen molar-refractivity contribution >= 4 is 35.8 Å². The summed E-state index contributed by atoms with van der Waals surface area (Å²) in [6.45, 7) is 7.47. The Labute approximate surface area is 252 Å². The molecule has 1 aromatic carbocycles. The van der Waals surface area contributed by atoms with Gasteiger partial charge < -0.3 is 35.4 Å². The average molecular weight is 605 g/mol. The van der Waals surface area contributed by atoms with E-state index in [2.05, 4.69) is 16.0 Å². The third-order valence-corrected chi connectivity index (χ3v) is 7.05. The van der Waals surface area contributed by atoms with Gasteiger partial charge in [0.2, 0.25) is 17.7 Å². The highest BCUT2D eigenvalue weighted by atomic mass is 16.5. The summed E-state index contributed by atoms with van der Waals surface area (Å²) in [4.78, 5) is 77.5. The highest BCUT2D eigenvalue weighted by molar-refractivity contribution is 5.95. The van der Waals surface area contributed by atoms with Crippen molar-refractivity contribution in [2.24, 2.45) is 11.8 Å². The first kappa shape index (κ1) is 35.0. The molecular weight excluding hydrogens is 560 g/mol. The van der Waals surface area contributed by atoms with Crippen molar-refractivity contribution in [3.05, 3.63) is 35.9 Å². The number of nitrogens with zero attached hydrogens (tertiary/aromatic N) is 1. The van der Waals surface area contributed by atoms with Gasteiger partial charge in [-0.05, 0) is 43.1 Å². The number of esters is 1. The summed E-state index contributed by atoms with van der Waals surface area (Å²) in [6.07, 6.45) is -0.279. The lowest BCUT2D eigenvalue weighted by molar-refractivity contribution is -0.147. The normalized spacial score (nSPS) is 16.6. The summed E-state index contributed by atoms with van der Waals surface area (Å²) in [5, 5.41) is 16.9. The van der Waals surface area contributed by atoms with Crippen molar-refractivity contribution in [1.29, 1.82) is 0 Å². The Morgan fingerprint density at radius 3 is 2.23 bits per heavy atom.